The SMILES string of the molecule is COc1ccc(Cl)cc1NC(=O)[C@@H](C)[NH+]1CC[NH+](CCOc2ccccc2)CC1. The van der Waals surface area contributed by atoms with Crippen molar-refractivity contribution in [2.24, 2.45) is 0 Å². The third kappa shape index (κ3) is 6.10. The van der Waals surface area contributed by atoms with Gasteiger partial charge in [-0.2, -0.15) is 0 Å². The van der Waals surface area contributed by atoms with Crippen LogP contribution in [0.1, 0.15) is 6.92 Å². The van der Waals surface area contributed by atoms with Crippen LogP contribution in [0, 0.1) is 0 Å². The number of nitrogens with one attached hydrogen (secondary N) is 3. The molecule has 156 valence electrons. The van der Waals surface area contributed by atoms with Crippen LogP contribution < -0.4 is 24.6 Å². The van der Waals surface area contributed by atoms with E-state index in [9.17, 15) is 4.79 Å². The van der Waals surface area contributed by atoms with Crippen LogP contribution in [0.5, 0.6) is 11.5 Å². The average molecular weight is 420 g/mol. The molecule has 0 bridgehead atoms. The molecule has 1 atom stereocenters. The van der Waals surface area contributed by atoms with Crippen LogP contribution in [0.25, 0.3) is 0 Å². The Hall–Kier alpha value is -2.28. The number of piperazine rings is 1. The number of hydrogen-bond donors (Lipinski definition) is 3. The van der Waals surface area contributed by atoms with Gasteiger partial charge in [0.05, 0.1) is 12.8 Å². The molecular weight excluding hydrogens is 390 g/mol. The Kier molecular flexibility index (Phi) is 7.75. The summed E-state index contributed by atoms with van der Waals surface area (Å²) in [6.07, 6.45) is 0. The van der Waals surface area contributed by atoms with Crippen molar-refractivity contribution in [1.82, 2.24) is 0 Å². The van der Waals surface area contributed by atoms with Crippen LogP contribution >= 0.6 is 11.6 Å². The number of hydrogen-bond acceptors (Lipinski definition) is 3. The molecule has 0 saturated carbocycles. The number of quaternary nitrogens is 2. The van der Waals surface area contributed by atoms with Gasteiger partial charge in [0, 0.05) is 5.02 Å². The lowest BCUT2D eigenvalue weighted by atomic mass is 10.2. The number of carbonyl (C=O) groups is 1. The number of rotatable bonds is 8. The number of methoxy groups -OCH3 is 1. The average Bonchev–Trinajstić information content (AvgIpc) is 2.74. The molecule has 2 aromatic rings. The lowest BCUT2D eigenvalue weighted by Gasteiger charge is -2.32. The predicted octanol–water partition coefficient (Wildman–Crippen LogP) is 0.538. The lowest BCUT2D eigenvalue weighted by Crippen LogP contribution is -3.30. The normalized spacial score (nSPS) is 20.0. The second-order valence-corrected chi connectivity index (χ2v) is 7.81. The highest BCUT2D eigenvalue weighted by molar-refractivity contribution is 6.31. The first-order chi connectivity index (χ1) is 14.1. The molecule has 7 heteroatoms. The maximum atomic E-state index is 12.7. The van der Waals surface area contributed by atoms with Gasteiger partial charge < -0.3 is 24.6 Å². The van der Waals surface area contributed by atoms with Gasteiger partial charge in [0.25, 0.3) is 5.91 Å². The highest BCUT2D eigenvalue weighted by Crippen LogP contribution is 2.27. The van der Waals surface area contributed by atoms with Crippen molar-refractivity contribution in [1.29, 1.82) is 0 Å². The topological polar surface area (TPSA) is 56.4 Å². The van der Waals surface area contributed by atoms with Crippen molar-refractivity contribution in [2.45, 2.75) is 13.0 Å². The van der Waals surface area contributed by atoms with Gasteiger partial charge in [-0.25, -0.2) is 0 Å². The highest BCUT2D eigenvalue weighted by atomic mass is 35.5. The molecule has 1 heterocycles. The molecular formula is C22H30ClN3O3+2. The first-order valence-corrected chi connectivity index (χ1v) is 10.4. The molecule has 3 rings (SSSR count). The zero-order chi connectivity index (χ0) is 20.6. The van der Waals surface area contributed by atoms with Crippen LogP contribution in [0.4, 0.5) is 5.69 Å². The van der Waals surface area contributed by atoms with Crippen molar-refractivity contribution in [3.63, 3.8) is 0 Å². The summed E-state index contributed by atoms with van der Waals surface area (Å²) in [7, 11) is 1.58. The fourth-order valence-electron chi connectivity index (χ4n) is 3.64. The summed E-state index contributed by atoms with van der Waals surface area (Å²) in [5.74, 6) is 1.51. The van der Waals surface area contributed by atoms with Gasteiger partial charge in [0.15, 0.2) is 6.04 Å². The summed E-state index contributed by atoms with van der Waals surface area (Å²) in [4.78, 5) is 15.6. The van der Waals surface area contributed by atoms with Crippen molar-refractivity contribution < 1.29 is 24.1 Å². The van der Waals surface area contributed by atoms with Crippen LogP contribution in [0.15, 0.2) is 48.5 Å². The minimum atomic E-state index is -0.138. The summed E-state index contributed by atoms with van der Waals surface area (Å²) in [5, 5.41) is 3.53. The number of anilines is 1. The monoisotopic (exact) mass is 419 g/mol. The van der Waals surface area contributed by atoms with Gasteiger partial charge in [0.1, 0.15) is 50.8 Å². The van der Waals surface area contributed by atoms with E-state index >= 15 is 0 Å². The van der Waals surface area contributed by atoms with Crippen LogP contribution in [0.3, 0.4) is 0 Å². The molecule has 6 nitrogen and oxygen atoms in total. The van der Waals surface area contributed by atoms with E-state index in [1.165, 1.54) is 9.80 Å². The van der Waals surface area contributed by atoms with Gasteiger partial charge >= 0.3 is 0 Å². The minimum absolute atomic E-state index is 0.0172. The fraction of sp³-hybridized carbons (Fsp3) is 0.409. The van der Waals surface area contributed by atoms with E-state index in [4.69, 9.17) is 21.1 Å². The molecule has 0 spiro atoms. The standard InChI is InChI=1S/C22H28ClN3O3/c1-17(22(27)24-20-16-18(23)8-9-21(20)28-2)26-12-10-25(11-13-26)14-15-29-19-6-4-3-5-7-19/h3-9,16-17H,10-15H2,1-2H3,(H,24,27)/p+2/t17-/m1/s1. The Bertz CT molecular complexity index is 795. The third-order valence-electron chi connectivity index (χ3n) is 5.49. The maximum Gasteiger partial charge on any atom is 0.282 e. The summed E-state index contributed by atoms with van der Waals surface area (Å²) in [5.41, 5.74) is 0.610. The van der Waals surface area contributed by atoms with Gasteiger partial charge in [-0.1, -0.05) is 29.8 Å². The quantitative estimate of drug-likeness (QED) is 0.585. The van der Waals surface area contributed by atoms with E-state index in [1.807, 2.05) is 37.3 Å². The molecule has 0 radical (unpaired) electrons. The van der Waals surface area contributed by atoms with E-state index in [0.717, 1.165) is 38.5 Å². The number of halogens is 1. The molecule has 1 aliphatic rings. The molecule has 1 saturated heterocycles. The molecule has 3 N–H and O–H groups in total. The Morgan fingerprint density at radius 1 is 1.14 bits per heavy atom. The number of carbonyl (C=O) groups excluding carboxylic acids is 1. The van der Waals surface area contributed by atoms with Gasteiger partial charge in [-0.15, -0.1) is 0 Å². The molecule has 1 fully saturated rings. The maximum absolute atomic E-state index is 12.7. The van der Waals surface area contributed by atoms with Crippen molar-refractivity contribution in [3.8, 4) is 11.5 Å². The van der Waals surface area contributed by atoms with Crippen molar-refractivity contribution in [3.05, 3.63) is 53.6 Å². The van der Waals surface area contributed by atoms with Gasteiger partial charge in [-0.05, 0) is 37.3 Å². The highest BCUT2D eigenvalue weighted by Gasteiger charge is 2.31. The Balaban J connectivity index is 1.44. The number of amides is 1. The van der Waals surface area contributed by atoms with Crippen molar-refractivity contribution >= 4 is 23.2 Å². The largest absolute Gasteiger partial charge is 0.495 e. The van der Waals surface area contributed by atoms with E-state index in [0.29, 0.717) is 23.1 Å². The van der Waals surface area contributed by atoms with Crippen LogP contribution in [0.2, 0.25) is 5.02 Å². The Labute approximate surface area is 177 Å². The zero-order valence-corrected chi connectivity index (χ0v) is 17.8. The lowest BCUT2D eigenvalue weighted by molar-refractivity contribution is -1.02. The summed E-state index contributed by atoms with van der Waals surface area (Å²) >= 11 is 6.06. The molecule has 29 heavy (non-hydrogen) atoms. The molecule has 0 unspecified atom stereocenters. The first-order valence-electron chi connectivity index (χ1n) is 10.1. The predicted molar refractivity (Wildman–Crippen MR) is 114 cm³/mol. The number of ether oxygens (including phenoxy) is 2. The fourth-order valence-corrected chi connectivity index (χ4v) is 3.81. The number of para-hydroxylation sites is 1. The van der Waals surface area contributed by atoms with Crippen LogP contribution in [-0.2, 0) is 4.79 Å². The van der Waals surface area contributed by atoms with E-state index in [2.05, 4.69) is 5.32 Å². The van der Waals surface area contributed by atoms with Crippen molar-refractivity contribution in [2.75, 3.05) is 51.8 Å². The van der Waals surface area contributed by atoms with Gasteiger partial charge in [0.2, 0.25) is 0 Å². The second-order valence-electron chi connectivity index (χ2n) is 7.38. The summed E-state index contributed by atoms with van der Waals surface area (Å²) in [6, 6.07) is 15.0. The Morgan fingerprint density at radius 3 is 2.55 bits per heavy atom. The molecule has 0 aromatic heterocycles. The molecule has 1 aliphatic heterocycles. The minimum Gasteiger partial charge on any atom is -0.495 e. The Morgan fingerprint density at radius 2 is 1.86 bits per heavy atom. The third-order valence-corrected chi connectivity index (χ3v) is 5.73. The van der Waals surface area contributed by atoms with E-state index < -0.39 is 0 Å². The number of benzene rings is 2. The smallest absolute Gasteiger partial charge is 0.282 e. The first kappa shape index (κ1) is 21.4. The molecule has 0 aliphatic carbocycles. The molecule has 2 aromatic carbocycles. The summed E-state index contributed by atoms with van der Waals surface area (Å²) < 4.78 is 11.1. The van der Waals surface area contributed by atoms with Gasteiger partial charge in [-0.3, -0.25) is 4.79 Å². The van der Waals surface area contributed by atoms with E-state index in [-0.39, 0.29) is 11.9 Å². The zero-order valence-electron chi connectivity index (χ0n) is 17.0. The van der Waals surface area contributed by atoms with Crippen LogP contribution in [-0.4, -0.2) is 58.4 Å². The van der Waals surface area contributed by atoms with E-state index in [1.54, 1.807) is 25.3 Å². The summed E-state index contributed by atoms with van der Waals surface area (Å²) in [6.45, 7) is 7.65. The second kappa shape index (κ2) is 10.5. The molecule has 1 amide bonds.